The average Bonchev–Trinajstić information content (AvgIpc) is 2.88. The van der Waals surface area contributed by atoms with E-state index in [1.165, 1.54) is 0 Å². The molecule has 20 heavy (non-hydrogen) atoms. The number of Topliss-reactive ketones (excluding diaryl/α,β-unsaturated/α-hetero) is 2. The Bertz CT molecular complexity index is 643. The second-order valence-electron chi connectivity index (χ2n) is 4.34. The minimum atomic E-state index is -1.58. The number of carboxylic acid groups (broad SMARTS) is 1. The highest BCUT2D eigenvalue weighted by atomic mass is 16.4. The number of aliphatic carboxylic acids is 1. The van der Waals surface area contributed by atoms with Crippen molar-refractivity contribution in [3.8, 4) is 0 Å². The Labute approximate surface area is 115 Å². The number of carbonyl (C=O) groups is 3. The lowest BCUT2D eigenvalue weighted by atomic mass is 10.1. The monoisotopic (exact) mass is 271 g/mol. The SMILES string of the molecule is O=C(O)C(=O)CC(=O)c1cccn1Cc1ccccc1. The van der Waals surface area contributed by atoms with Crippen molar-refractivity contribution >= 4 is 17.5 Å². The Balaban J connectivity index is 2.14. The van der Waals surface area contributed by atoms with E-state index >= 15 is 0 Å². The summed E-state index contributed by atoms with van der Waals surface area (Å²) in [6, 6.07) is 12.8. The van der Waals surface area contributed by atoms with Crippen molar-refractivity contribution < 1.29 is 19.5 Å². The van der Waals surface area contributed by atoms with Crippen LogP contribution in [-0.2, 0) is 16.1 Å². The van der Waals surface area contributed by atoms with Crippen LogP contribution >= 0.6 is 0 Å². The first-order valence-electron chi connectivity index (χ1n) is 6.06. The Morgan fingerprint density at radius 3 is 2.35 bits per heavy atom. The quantitative estimate of drug-likeness (QED) is 0.493. The van der Waals surface area contributed by atoms with Crippen LogP contribution < -0.4 is 0 Å². The van der Waals surface area contributed by atoms with Crippen LogP contribution in [0.4, 0.5) is 0 Å². The molecule has 5 heteroatoms. The van der Waals surface area contributed by atoms with E-state index in [2.05, 4.69) is 0 Å². The molecule has 1 aromatic carbocycles. The summed E-state index contributed by atoms with van der Waals surface area (Å²) < 4.78 is 1.70. The Morgan fingerprint density at radius 2 is 1.70 bits per heavy atom. The van der Waals surface area contributed by atoms with Crippen molar-refractivity contribution in [1.29, 1.82) is 0 Å². The fourth-order valence-corrected chi connectivity index (χ4v) is 1.90. The van der Waals surface area contributed by atoms with Gasteiger partial charge in [0, 0.05) is 12.7 Å². The number of benzene rings is 1. The summed E-state index contributed by atoms with van der Waals surface area (Å²) >= 11 is 0. The summed E-state index contributed by atoms with van der Waals surface area (Å²) in [6.45, 7) is 0.496. The standard InChI is InChI=1S/C15H13NO4/c17-13(9-14(18)15(19)20)12-7-4-8-16(12)10-11-5-2-1-3-6-11/h1-8H,9-10H2,(H,19,20). The molecule has 0 aliphatic carbocycles. The van der Waals surface area contributed by atoms with Crippen LogP contribution in [0.3, 0.4) is 0 Å². The van der Waals surface area contributed by atoms with Gasteiger partial charge in [0.2, 0.25) is 5.78 Å². The van der Waals surface area contributed by atoms with Gasteiger partial charge < -0.3 is 9.67 Å². The fourth-order valence-electron chi connectivity index (χ4n) is 1.90. The number of aromatic nitrogens is 1. The second kappa shape index (κ2) is 5.97. The minimum Gasteiger partial charge on any atom is -0.475 e. The molecule has 0 radical (unpaired) electrons. The van der Waals surface area contributed by atoms with Crippen LogP contribution in [0.1, 0.15) is 22.5 Å². The van der Waals surface area contributed by atoms with Gasteiger partial charge in [-0.05, 0) is 17.7 Å². The highest BCUT2D eigenvalue weighted by molar-refractivity contribution is 6.37. The molecule has 0 spiro atoms. The van der Waals surface area contributed by atoms with E-state index in [0.29, 0.717) is 12.2 Å². The van der Waals surface area contributed by atoms with Gasteiger partial charge in [0.05, 0.1) is 12.1 Å². The summed E-state index contributed by atoms with van der Waals surface area (Å²) in [5.41, 5.74) is 1.35. The molecule has 5 nitrogen and oxygen atoms in total. The Hall–Kier alpha value is -2.69. The van der Waals surface area contributed by atoms with E-state index in [4.69, 9.17) is 5.11 Å². The molecule has 0 saturated carbocycles. The molecule has 1 N–H and O–H groups in total. The first-order chi connectivity index (χ1) is 9.58. The lowest BCUT2D eigenvalue weighted by Crippen LogP contribution is -2.19. The van der Waals surface area contributed by atoms with Gasteiger partial charge in [-0.3, -0.25) is 9.59 Å². The number of hydrogen-bond acceptors (Lipinski definition) is 3. The Morgan fingerprint density at radius 1 is 1.00 bits per heavy atom. The molecule has 0 saturated heterocycles. The van der Waals surface area contributed by atoms with E-state index in [1.807, 2.05) is 30.3 Å². The number of nitrogens with zero attached hydrogens (tertiary/aromatic N) is 1. The zero-order valence-corrected chi connectivity index (χ0v) is 10.7. The molecule has 0 aliphatic heterocycles. The molecule has 102 valence electrons. The molecular formula is C15H13NO4. The van der Waals surface area contributed by atoms with Crippen molar-refractivity contribution in [1.82, 2.24) is 4.57 Å². The summed E-state index contributed by atoms with van der Waals surface area (Å²) in [4.78, 5) is 33.5. The number of hydrogen-bond donors (Lipinski definition) is 1. The van der Waals surface area contributed by atoms with Crippen molar-refractivity contribution in [2.45, 2.75) is 13.0 Å². The zero-order valence-electron chi connectivity index (χ0n) is 10.7. The maximum Gasteiger partial charge on any atom is 0.372 e. The predicted octanol–water partition coefficient (Wildman–Crippen LogP) is 1.76. The third-order valence-corrected chi connectivity index (χ3v) is 2.87. The highest BCUT2D eigenvalue weighted by Crippen LogP contribution is 2.10. The van der Waals surface area contributed by atoms with Gasteiger partial charge in [0.25, 0.3) is 0 Å². The minimum absolute atomic E-state index is 0.337. The second-order valence-corrected chi connectivity index (χ2v) is 4.34. The summed E-state index contributed by atoms with van der Waals surface area (Å²) in [5, 5.41) is 8.52. The lowest BCUT2D eigenvalue weighted by molar-refractivity contribution is -0.148. The summed E-state index contributed by atoms with van der Waals surface area (Å²) in [5.74, 6) is -3.17. The van der Waals surface area contributed by atoms with Crippen molar-refractivity contribution in [2.75, 3.05) is 0 Å². The average molecular weight is 271 g/mol. The largest absolute Gasteiger partial charge is 0.475 e. The number of carbonyl (C=O) groups excluding carboxylic acids is 2. The van der Waals surface area contributed by atoms with Crippen LogP contribution in [0, 0.1) is 0 Å². The number of carboxylic acids is 1. The molecule has 1 heterocycles. The molecule has 0 amide bonds. The van der Waals surface area contributed by atoms with Gasteiger partial charge in [-0.25, -0.2) is 4.79 Å². The molecule has 1 aromatic heterocycles. The van der Waals surface area contributed by atoms with Crippen molar-refractivity contribution in [2.24, 2.45) is 0 Å². The molecular weight excluding hydrogens is 258 g/mol. The number of rotatable bonds is 6. The Kier molecular flexibility index (Phi) is 4.10. The van der Waals surface area contributed by atoms with Crippen molar-refractivity contribution in [3.63, 3.8) is 0 Å². The summed E-state index contributed by atoms with van der Waals surface area (Å²) in [6.07, 6.45) is 1.11. The van der Waals surface area contributed by atoms with E-state index < -0.39 is 24.0 Å². The van der Waals surface area contributed by atoms with Crippen LogP contribution in [0.2, 0.25) is 0 Å². The smallest absolute Gasteiger partial charge is 0.372 e. The predicted molar refractivity (Wildman–Crippen MR) is 71.6 cm³/mol. The molecule has 0 unspecified atom stereocenters. The maximum atomic E-state index is 11.9. The van der Waals surface area contributed by atoms with E-state index in [0.717, 1.165) is 5.56 Å². The van der Waals surface area contributed by atoms with Crippen LogP contribution in [0.25, 0.3) is 0 Å². The van der Waals surface area contributed by atoms with E-state index in [1.54, 1.807) is 22.9 Å². The first-order valence-corrected chi connectivity index (χ1v) is 6.06. The third-order valence-electron chi connectivity index (χ3n) is 2.87. The first kappa shape index (κ1) is 13.7. The van der Waals surface area contributed by atoms with Gasteiger partial charge in [-0.1, -0.05) is 30.3 Å². The molecule has 2 rings (SSSR count). The molecule has 0 fully saturated rings. The summed E-state index contributed by atoms with van der Waals surface area (Å²) in [7, 11) is 0. The van der Waals surface area contributed by atoms with Gasteiger partial charge in [0.1, 0.15) is 0 Å². The lowest BCUT2D eigenvalue weighted by Gasteiger charge is -2.08. The molecule has 0 aliphatic rings. The normalized spacial score (nSPS) is 10.2. The van der Waals surface area contributed by atoms with E-state index in [9.17, 15) is 14.4 Å². The van der Waals surface area contributed by atoms with Gasteiger partial charge in [-0.15, -0.1) is 0 Å². The number of ketones is 2. The topological polar surface area (TPSA) is 76.4 Å². The van der Waals surface area contributed by atoms with Crippen molar-refractivity contribution in [3.05, 3.63) is 59.9 Å². The molecule has 2 aromatic rings. The molecule has 0 atom stereocenters. The van der Waals surface area contributed by atoms with Gasteiger partial charge in [0.15, 0.2) is 5.78 Å². The van der Waals surface area contributed by atoms with Gasteiger partial charge in [-0.2, -0.15) is 0 Å². The van der Waals surface area contributed by atoms with Gasteiger partial charge >= 0.3 is 5.97 Å². The fraction of sp³-hybridized carbons (Fsp3) is 0.133. The van der Waals surface area contributed by atoms with Crippen LogP contribution in [-0.4, -0.2) is 27.2 Å². The highest BCUT2D eigenvalue weighted by Gasteiger charge is 2.19. The van der Waals surface area contributed by atoms with Crippen LogP contribution in [0.15, 0.2) is 48.7 Å². The van der Waals surface area contributed by atoms with E-state index in [-0.39, 0.29) is 0 Å². The maximum absolute atomic E-state index is 11.9. The third kappa shape index (κ3) is 3.20. The zero-order chi connectivity index (χ0) is 14.5. The molecule has 0 bridgehead atoms. The van der Waals surface area contributed by atoms with Crippen LogP contribution in [0.5, 0.6) is 0 Å².